The van der Waals surface area contributed by atoms with Crippen LogP contribution in [0.25, 0.3) is 0 Å². The van der Waals surface area contributed by atoms with Gasteiger partial charge in [-0.25, -0.2) is 0 Å². The van der Waals surface area contributed by atoms with Crippen molar-refractivity contribution < 1.29 is 14.3 Å². The molecule has 3 rings (SSSR count). The van der Waals surface area contributed by atoms with Crippen LogP contribution in [0.3, 0.4) is 0 Å². The average molecular weight is 388 g/mol. The highest BCUT2D eigenvalue weighted by Gasteiger charge is 2.19. The molecule has 0 fully saturated rings. The molecule has 5 nitrogen and oxygen atoms in total. The molecule has 1 atom stereocenters. The number of benzene rings is 3. The van der Waals surface area contributed by atoms with Crippen LogP contribution in [0.1, 0.15) is 35.2 Å². The summed E-state index contributed by atoms with van der Waals surface area (Å²) in [5, 5.41) is 5.80. The van der Waals surface area contributed by atoms with Crippen molar-refractivity contribution in [3.05, 3.63) is 90.0 Å². The fraction of sp³-hybridized carbons (Fsp3) is 0.167. The van der Waals surface area contributed by atoms with Crippen molar-refractivity contribution in [2.45, 2.75) is 19.3 Å². The van der Waals surface area contributed by atoms with Crippen LogP contribution in [0.5, 0.6) is 5.75 Å². The number of hydrogen-bond donors (Lipinski definition) is 2. The zero-order valence-electron chi connectivity index (χ0n) is 16.5. The Bertz CT molecular complexity index is 972. The maximum Gasteiger partial charge on any atom is 0.255 e. The van der Waals surface area contributed by atoms with Gasteiger partial charge in [0.25, 0.3) is 5.91 Å². The SMILES string of the molecule is CCC(C(=O)Nc1ccc(OC)c(NC(=O)c2ccccc2)c1)c1ccccc1. The minimum absolute atomic E-state index is 0.0933. The van der Waals surface area contributed by atoms with E-state index in [9.17, 15) is 9.59 Å². The summed E-state index contributed by atoms with van der Waals surface area (Å²) in [5.41, 5.74) is 2.60. The number of ether oxygens (including phenoxy) is 1. The van der Waals surface area contributed by atoms with Gasteiger partial charge >= 0.3 is 0 Å². The highest BCUT2D eigenvalue weighted by Crippen LogP contribution is 2.29. The van der Waals surface area contributed by atoms with Crippen molar-refractivity contribution in [1.82, 2.24) is 0 Å². The van der Waals surface area contributed by atoms with E-state index in [4.69, 9.17) is 4.74 Å². The normalized spacial score (nSPS) is 11.4. The monoisotopic (exact) mass is 388 g/mol. The molecule has 5 heteroatoms. The fourth-order valence-electron chi connectivity index (χ4n) is 3.15. The number of hydrogen-bond acceptors (Lipinski definition) is 3. The van der Waals surface area contributed by atoms with E-state index in [1.807, 2.05) is 43.3 Å². The van der Waals surface area contributed by atoms with Gasteiger partial charge in [-0.3, -0.25) is 9.59 Å². The molecule has 0 aliphatic carbocycles. The molecule has 2 N–H and O–H groups in total. The van der Waals surface area contributed by atoms with E-state index in [1.165, 1.54) is 7.11 Å². The molecule has 3 aromatic rings. The van der Waals surface area contributed by atoms with E-state index < -0.39 is 0 Å². The van der Waals surface area contributed by atoms with Crippen molar-refractivity contribution in [3.8, 4) is 5.75 Å². The Labute approximate surface area is 170 Å². The number of carbonyl (C=O) groups is 2. The molecule has 1 unspecified atom stereocenters. The van der Waals surface area contributed by atoms with E-state index in [2.05, 4.69) is 10.6 Å². The van der Waals surface area contributed by atoms with Gasteiger partial charge in [0.2, 0.25) is 5.91 Å². The summed E-state index contributed by atoms with van der Waals surface area (Å²) in [4.78, 5) is 25.3. The summed E-state index contributed by atoms with van der Waals surface area (Å²) in [5.74, 6) is -0.0738. The zero-order chi connectivity index (χ0) is 20.6. The highest BCUT2D eigenvalue weighted by molar-refractivity contribution is 6.05. The molecular formula is C24H24N2O3. The number of anilines is 2. The Balaban J connectivity index is 1.79. The van der Waals surface area contributed by atoms with E-state index in [0.29, 0.717) is 29.1 Å². The van der Waals surface area contributed by atoms with Gasteiger partial charge in [-0.1, -0.05) is 55.5 Å². The Morgan fingerprint density at radius 1 is 0.897 bits per heavy atom. The average Bonchev–Trinajstić information content (AvgIpc) is 2.76. The van der Waals surface area contributed by atoms with Crippen molar-refractivity contribution >= 4 is 23.2 Å². The highest BCUT2D eigenvalue weighted by atomic mass is 16.5. The smallest absolute Gasteiger partial charge is 0.255 e. The van der Waals surface area contributed by atoms with Crippen molar-refractivity contribution in [2.24, 2.45) is 0 Å². The van der Waals surface area contributed by atoms with E-state index in [-0.39, 0.29) is 17.7 Å². The van der Waals surface area contributed by atoms with Gasteiger partial charge in [0.15, 0.2) is 0 Å². The number of nitrogens with one attached hydrogen (secondary N) is 2. The maximum absolute atomic E-state index is 12.8. The first-order valence-electron chi connectivity index (χ1n) is 9.52. The summed E-state index contributed by atoms with van der Waals surface area (Å²) >= 11 is 0. The van der Waals surface area contributed by atoms with Crippen LogP contribution in [0.2, 0.25) is 0 Å². The van der Waals surface area contributed by atoms with Gasteiger partial charge < -0.3 is 15.4 Å². The molecule has 0 saturated heterocycles. The quantitative estimate of drug-likeness (QED) is 0.593. The molecule has 0 aromatic heterocycles. The summed E-state index contributed by atoms with van der Waals surface area (Å²) in [6, 6.07) is 23.8. The van der Waals surface area contributed by atoms with Gasteiger partial charge in [0.05, 0.1) is 18.7 Å². The lowest BCUT2D eigenvalue weighted by atomic mass is 9.95. The van der Waals surface area contributed by atoms with Gasteiger partial charge in [0.1, 0.15) is 5.75 Å². The predicted molar refractivity (Wildman–Crippen MR) is 115 cm³/mol. The number of rotatable bonds is 7. The molecule has 148 valence electrons. The Morgan fingerprint density at radius 2 is 1.55 bits per heavy atom. The largest absolute Gasteiger partial charge is 0.495 e. The van der Waals surface area contributed by atoms with Crippen LogP contribution in [0.4, 0.5) is 11.4 Å². The summed E-state index contributed by atoms with van der Waals surface area (Å²) in [6.45, 7) is 1.98. The first kappa shape index (κ1) is 20.1. The maximum atomic E-state index is 12.8. The van der Waals surface area contributed by atoms with Crippen LogP contribution < -0.4 is 15.4 Å². The van der Waals surface area contributed by atoms with Gasteiger partial charge in [-0.15, -0.1) is 0 Å². The van der Waals surface area contributed by atoms with Crippen LogP contribution in [-0.4, -0.2) is 18.9 Å². The van der Waals surface area contributed by atoms with E-state index in [1.54, 1.807) is 42.5 Å². The van der Waals surface area contributed by atoms with E-state index in [0.717, 1.165) is 5.56 Å². The number of amides is 2. The van der Waals surface area contributed by atoms with Crippen molar-refractivity contribution in [3.63, 3.8) is 0 Å². The minimum Gasteiger partial charge on any atom is -0.495 e. The lowest BCUT2D eigenvalue weighted by Crippen LogP contribution is -2.21. The number of methoxy groups -OCH3 is 1. The molecule has 0 heterocycles. The third-order valence-electron chi connectivity index (χ3n) is 4.68. The Morgan fingerprint density at radius 3 is 2.17 bits per heavy atom. The lowest BCUT2D eigenvalue weighted by molar-refractivity contribution is -0.117. The third kappa shape index (κ3) is 5.02. The summed E-state index contributed by atoms with van der Waals surface area (Å²) in [6.07, 6.45) is 0.684. The standard InChI is InChI=1S/C24H24N2O3/c1-3-20(17-10-6-4-7-11-17)24(28)25-19-14-15-22(29-2)21(16-19)26-23(27)18-12-8-5-9-13-18/h4-16,20H,3H2,1-2H3,(H,25,28)(H,26,27). The summed E-state index contributed by atoms with van der Waals surface area (Å²) < 4.78 is 5.35. The molecule has 0 spiro atoms. The van der Waals surface area contributed by atoms with E-state index >= 15 is 0 Å². The van der Waals surface area contributed by atoms with Crippen LogP contribution >= 0.6 is 0 Å². The molecule has 3 aromatic carbocycles. The molecular weight excluding hydrogens is 364 g/mol. The molecule has 2 amide bonds. The summed E-state index contributed by atoms with van der Waals surface area (Å²) in [7, 11) is 1.54. The molecule has 0 aliphatic rings. The molecule has 0 radical (unpaired) electrons. The topological polar surface area (TPSA) is 67.4 Å². The van der Waals surface area contributed by atoms with Gasteiger partial charge in [0, 0.05) is 11.3 Å². The zero-order valence-corrected chi connectivity index (χ0v) is 16.5. The van der Waals surface area contributed by atoms with Crippen LogP contribution in [0, 0.1) is 0 Å². The van der Waals surface area contributed by atoms with Crippen LogP contribution in [0.15, 0.2) is 78.9 Å². The predicted octanol–water partition coefficient (Wildman–Crippen LogP) is 5.08. The second-order valence-corrected chi connectivity index (χ2v) is 6.60. The van der Waals surface area contributed by atoms with Crippen molar-refractivity contribution in [1.29, 1.82) is 0 Å². The second kappa shape index (κ2) is 9.55. The number of carbonyl (C=O) groups excluding carboxylic acids is 2. The van der Waals surface area contributed by atoms with Gasteiger partial charge in [-0.05, 0) is 42.3 Å². The first-order chi connectivity index (χ1) is 14.1. The lowest BCUT2D eigenvalue weighted by Gasteiger charge is -2.17. The third-order valence-corrected chi connectivity index (χ3v) is 4.68. The van der Waals surface area contributed by atoms with Crippen LogP contribution in [-0.2, 0) is 4.79 Å². The Kier molecular flexibility index (Phi) is 6.63. The molecule has 29 heavy (non-hydrogen) atoms. The fourth-order valence-corrected chi connectivity index (χ4v) is 3.15. The minimum atomic E-state index is -0.249. The van der Waals surface area contributed by atoms with Gasteiger partial charge in [-0.2, -0.15) is 0 Å². The molecule has 0 aliphatic heterocycles. The first-order valence-corrected chi connectivity index (χ1v) is 9.52. The van der Waals surface area contributed by atoms with Crippen molar-refractivity contribution in [2.75, 3.05) is 17.7 Å². The molecule has 0 saturated carbocycles. The molecule has 0 bridgehead atoms. The second-order valence-electron chi connectivity index (χ2n) is 6.60. The Hall–Kier alpha value is -3.60.